The normalized spacial score (nSPS) is 10.7. The number of benzene rings is 1. The van der Waals surface area contributed by atoms with E-state index in [-0.39, 0.29) is 16.5 Å². The van der Waals surface area contributed by atoms with Crippen molar-refractivity contribution >= 4 is 17.4 Å². The highest BCUT2D eigenvalue weighted by molar-refractivity contribution is 6.31. The Morgan fingerprint density at radius 2 is 2.00 bits per heavy atom. The molecule has 0 unspecified atom stereocenters. The molecule has 0 aliphatic rings. The summed E-state index contributed by atoms with van der Waals surface area (Å²) in [7, 11) is 0. The van der Waals surface area contributed by atoms with E-state index in [2.05, 4.69) is 15.3 Å². The number of aryl methyl sites for hydroxylation is 1. The quantitative estimate of drug-likeness (QED) is 0.919. The third kappa shape index (κ3) is 3.04. The van der Waals surface area contributed by atoms with E-state index in [1.807, 2.05) is 6.92 Å². The maximum atomic E-state index is 13.9. The molecule has 0 spiro atoms. The fourth-order valence-electron chi connectivity index (χ4n) is 1.68. The lowest BCUT2D eigenvalue weighted by atomic mass is 10.2. The molecule has 2 aromatic rings. The van der Waals surface area contributed by atoms with Crippen LogP contribution in [0.2, 0.25) is 5.02 Å². The molecule has 0 atom stereocenters. The molecule has 106 valence electrons. The Hall–Kier alpha value is -1.75. The summed E-state index contributed by atoms with van der Waals surface area (Å²) in [5, 5.41) is 2.89. The number of nitrogens with zero attached hydrogens (tertiary/aromatic N) is 2. The first-order valence-electron chi connectivity index (χ1n) is 6.26. The molecule has 1 aromatic carbocycles. The fraction of sp³-hybridized carbons (Fsp3) is 0.286. The molecule has 3 nitrogen and oxygen atoms in total. The average Bonchev–Trinajstić information content (AvgIpc) is 2.43. The predicted molar refractivity (Wildman–Crippen MR) is 75.9 cm³/mol. The zero-order valence-electron chi connectivity index (χ0n) is 11.2. The number of halogens is 3. The Labute approximate surface area is 121 Å². The predicted octanol–water partition coefficient (Wildman–Crippen LogP) is 4.21. The van der Waals surface area contributed by atoms with Crippen LogP contribution in [0.15, 0.2) is 18.2 Å². The highest BCUT2D eigenvalue weighted by atomic mass is 35.5. The fourth-order valence-corrected chi connectivity index (χ4v) is 1.86. The van der Waals surface area contributed by atoms with Crippen LogP contribution in [0, 0.1) is 18.6 Å². The number of rotatable bonds is 4. The van der Waals surface area contributed by atoms with Crippen molar-refractivity contribution in [1.29, 1.82) is 0 Å². The molecule has 2 rings (SSSR count). The van der Waals surface area contributed by atoms with E-state index in [1.165, 1.54) is 18.2 Å². The van der Waals surface area contributed by atoms with Gasteiger partial charge in [0, 0.05) is 12.1 Å². The van der Waals surface area contributed by atoms with Crippen molar-refractivity contribution in [3.05, 3.63) is 40.6 Å². The Balaban J connectivity index is 2.45. The molecule has 1 aromatic heterocycles. The standard InChI is InChI=1S/C14H14ClF2N3/c1-3-6-18-14-12(17)8(2)19-13(20-14)9-4-5-11(16)10(15)7-9/h4-5,7H,3,6H2,1-2H3,(H,18,19,20). The van der Waals surface area contributed by atoms with E-state index >= 15 is 0 Å². The number of hydrogen-bond acceptors (Lipinski definition) is 3. The summed E-state index contributed by atoms with van der Waals surface area (Å²) in [6, 6.07) is 4.17. The first-order chi connectivity index (χ1) is 9.52. The van der Waals surface area contributed by atoms with Crippen molar-refractivity contribution in [2.24, 2.45) is 0 Å². The van der Waals surface area contributed by atoms with E-state index < -0.39 is 11.6 Å². The minimum atomic E-state index is -0.515. The van der Waals surface area contributed by atoms with Gasteiger partial charge in [-0.2, -0.15) is 0 Å². The average molecular weight is 298 g/mol. The largest absolute Gasteiger partial charge is 0.368 e. The van der Waals surface area contributed by atoms with Crippen molar-refractivity contribution in [3.8, 4) is 11.4 Å². The summed E-state index contributed by atoms with van der Waals surface area (Å²) in [5.74, 6) is -0.534. The number of nitrogens with one attached hydrogen (secondary N) is 1. The van der Waals surface area contributed by atoms with Gasteiger partial charge in [-0.3, -0.25) is 0 Å². The second-order valence-electron chi connectivity index (χ2n) is 4.35. The van der Waals surface area contributed by atoms with Crippen LogP contribution in [0.5, 0.6) is 0 Å². The Bertz CT molecular complexity index is 632. The van der Waals surface area contributed by atoms with Crippen LogP contribution in [0.4, 0.5) is 14.6 Å². The molecule has 0 saturated heterocycles. The number of hydrogen-bond donors (Lipinski definition) is 1. The van der Waals surface area contributed by atoms with Gasteiger partial charge in [0.25, 0.3) is 0 Å². The summed E-state index contributed by atoms with van der Waals surface area (Å²) < 4.78 is 27.0. The van der Waals surface area contributed by atoms with Crippen LogP contribution < -0.4 is 5.32 Å². The van der Waals surface area contributed by atoms with Crippen LogP contribution >= 0.6 is 11.6 Å². The van der Waals surface area contributed by atoms with Crippen molar-refractivity contribution in [1.82, 2.24) is 9.97 Å². The smallest absolute Gasteiger partial charge is 0.186 e. The van der Waals surface area contributed by atoms with Crippen molar-refractivity contribution in [2.75, 3.05) is 11.9 Å². The van der Waals surface area contributed by atoms with Gasteiger partial charge in [0.2, 0.25) is 0 Å². The van der Waals surface area contributed by atoms with Gasteiger partial charge in [0.05, 0.1) is 10.7 Å². The molecule has 6 heteroatoms. The van der Waals surface area contributed by atoms with Crippen LogP contribution in [0.1, 0.15) is 19.0 Å². The Morgan fingerprint density at radius 1 is 1.25 bits per heavy atom. The highest BCUT2D eigenvalue weighted by Gasteiger charge is 2.13. The minimum absolute atomic E-state index is 0.0175. The van der Waals surface area contributed by atoms with Gasteiger partial charge >= 0.3 is 0 Å². The lowest BCUT2D eigenvalue weighted by Gasteiger charge is -2.10. The summed E-state index contributed by atoms with van der Waals surface area (Å²) >= 11 is 5.74. The van der Waals surface area contributed by atoms with Crippen molar-refractivity contribution < 1.29 is 8.78 Å². The van der Waals surface area contributed by atoms with E-state index in [4.69, 9.17) is 11.6 Å². The third-order valence-electron chi connectivity index (χ3n) is 2.74. The summed E-state index contributed by atoms with van der Waals surface area (Å²) in [5.41, 5.74) is 0.771. The van der Waals surface area contributed by atoms with Crippen molar-refractivity contribution in [3.63, 3.8) is 0 Å². The van der Waals surface area contributed by atoms with Gasteiger partial charge in [-0.15, -0.1) is 0 Å². The van der Waals surface area contributed by atoms with E-state index in [0.717, 1.165) is 6.42 Å². The maximum absolute atomic E-state index is 13.9. The highest BCUT2D eigenvalue weighted by Crippen LogP contribution is 2.25. The van der Waals surface area contributed by atoms with E-state index in [0.29, 0.717) is 17.9 Å². The second kappa shape index (κ2) is 6.13. The molecule has 20 heavy (non-hydrogen) atoms. The van der Waals surface area contributed by atoms with Gasteiger partial charge in [-0.05, 0) is 31.5 Å². The molecule has 0 bridgehead atoms. The number of aromatic nitrogens is 2. The SMILES string of the molecule is CCCNc1nc(-c2ccc(F)c(Cl)c2)nc(C)c1F. The van der Waals surface area contributed by atoms with Crippen molar-refractivity contribution in [2.45, 2.75) is 20.3 Å². The molecule has 1 heterocycles. The Morgan fingerprint density at radius 3 is 2.65 bits per heavy atom. The van der Waals surface area contributed by atoms with E-state index in [1.54, 1.807) is 6.92 Å². The van der Waals surface area contributed by atoms with Crippen LogP contribution in [0.25, 0.3) is 11.4 Å². The molecule has 0 fully saturated rings. The van der Waals surface area contributed by atoms with Gasteiger partial charge in [-0.1, -0.05) is 18.5 Å². The first-order valence-corrected chi connectivity index (χ1v) is 6.64. The molecular weight excluding hydrogens is 284 g/mol. The molecule has 0 saturated carbocycles. The van der Waals surface area contributed by atoms with Crippen LogP contribution in [0.3, 0.4) is 0 Å². The first kappa shape index (κ1) is 14.7. The monoisotopic (exact) mass is 297 g/mol. The molecule has 0 aliphatic heterocycles. The van der Waals surface area contributed by atoms with Gasteiger partial charge in [0.15, 0.2) is 17.5 Å². The maximum Gasteiger partial charge on any atom is 0.186 e. The molecule has 1 N–H and O–H groups in total. The summed E-state index contributed by atoms with van der Waals surface area (Å²) in [4.78, 5) is 8.21. The van der Waals surface area contributed by atoms with Gasteiger partial charge < -0.3 is 5.32 Å². The lowest BCUT2D eigenvalue weighted by molar-refractivity contribution is 0.605. The topological polar surface area (TPSA) is 37.8 Å². The number of anilines is 1. The zero-order chi connectivity index (χ0) is 14.7. The van der Waals surface area contributed by atoms with Gasteiger partial charge in [0.1, 0.15) is 5.82 Å². The third-order valence-corrected chi connectivity index (χ3v) is 3.03. The molecule has 0 radical (unpaired) electrons. The Kier molecular flexibility index (Phi) is 4.49. The minimum Gasteiger partial charge on any atom is -0.368 e. The van der Waals surface area contributed by atoms with Gasteiger partial charge in [-0.25, -0.2) is 18.7 Å². The molecule has 0 amide bonds. The zero-order valence-corrected chi connectivity index (χ0v) is 11.9. The molecular formula is C14H14ClF2N3. The summed E-state index contributed by atoms with van der Waals surface area (Å²) in [6.45, 7) is 4.14. The van der Waals surface area contributed by atoms with Crippen LogP contribution in [-0.4, -0.2) is 16.5 Å². The lowest BCUT2D eigenvalue weighted by Crippen LogP contribution is -2.08. The molecule has 0 aliphatic carbocycles. The second-order valence-corrected chi connectivity index (χ2v) is 4.76. The van der Waals surface area contributed by atoms with Crippen LogP contribution in [-0.2, 0) is 0 Å². The summed E-state index contributed by atoms with van der Waals surface area (Å²) in [6.07, 6.45) is 0.847. The van der Waals surface area contributed by atoms with E-state index in [9.17, 15) is 8.78 Å².